The van der Waals surface area contributed by atoms with Gasteiger partial charge in [0.2, 0.25) is 11.8 Å². The molecule has 1 spiro atoms. The Balaban J connectivity index is 1.59. The molecule has 4 rings (SSSR count). The van der Waals surface area contributed by atoms with Crippen molar-refractivity contribution in [2.24, 2.45) is 5.73 Å². The smallest absolute Gasteiger partial charge is 0.325 e. The van der Waals surface area contributed by atoms with Crippen LogP contribution in [0.1, 0.15) is 30.4 Å². The molecule has 1 atom stereocenters. The molecule has 0 aromatic heterocycles. The number of nitrogens with zero attached hydrogens (tertiary/aromatic N) is 2. The van der Waals surface area contributed by atoms with Crippen molar-refractivity contribution < 1.29 is 23.6 Å². The van der Waals surface area contributed by atoms with E-state index < -0.39 is 41.7 Å². The summed E-state index contributed by atoms with van der Waals surface area (Å²) in [6, 6.07) is 12.0. The van der Waals surface area contributed by atoms with Gasteiger partial charge in [-0.3, -0.25) is 19.3 Å². The molecular formula is C23H23FN4O4. The lowest BCUT2D eigenvalue weighted by molar-refractivity contribution is -0.135. The average Bonchev–Trinajstić information content (AvgIpc) is 3.00. The predicted molar refractivity (Wildman–Crippen MR) is 114 cm³/mol. The van der Waals surface area contributed by atoms with E-state index >= 15 is 0 Å². The number of urea groups is 1. The van der Waals surface area contributed by atoms with Crippen molar-refractivity contribution in [1.29, 1.82) is 0 Å². The van der Waals surface area contributed by atoms with Crippen LogP contribution in [-0.2, 0) is 26.3 Å². The summed E-state index contributed by atoms with van der Waals surface area (Å²) >= 11 is 0. The number of carbonyl (C=O) groups is 4. The predicted octanol–water partition coefficient (Wildman–Crippen LogP) is 1.82. The van der Waals surface area contributed by atoms with Crippen LogP contribution in [-0.4, -0.2) is 41.7 Å². The highest BCUT2D eigenvalue weighted by molar-refractivity contribution is 6.11. The van der Waals surface area contributed by atoms with E-state index in [-0.39, 0.29) is 13.0 Å². The Labute approximate surface area is 184 Å². The number of imide groups is 1. The zero-order valence-corrected chi connectivity index (χ0v) is 17.3. The number of anilines is 1. The van der Waals surface area contributed by atoms with Crippen LogP contribution in [0.3, 0.4) is 0 Å². The molecule has 0 saturated carbocycles. The fraction of sp³-hybridized carbons (Fsp3) is 0.304. The number of primary amides is 1. The SMILES string of the molecule is NC(=O)CCN(C(=O)CN1C(=O)NC2(CCCc3ccccc32)C1=O)c1ccc(F)cc1. The largest absolute Gasteiger partial charge is 0.370 e. The number of amides is 5. The molecule has 2 aliphatic rings. The molecule has 0 bridgehead atoms. The number of carbonyl (C=O) groups excluding carboxylic acids is 4. The van der Waals surface area contributed by atoms with Gasteiger partial charge in [-0.05, 0) is 54.7 Å². The van der Waals surface area contributed by atoms with E-state index in [9.17, 15) is 23.6 Å². The van der Waals surface area contributed by atoms with Crippen LogP contribution in [0.4, 0.5) is 14.9 Å². The Morgan fingerprint density at radius 1 is 1.12 bits per heavy atom. The lowest BCUT2D eigenvalue weighted by atomic mass is 9.76. The highest BCUT2D eigenvalue weighted by atomic mass is 19.1. The number of hydrogen-bond donors (Lipinski definition) is 2. The maximum atomic E-state index is 13.4. The number of hydrogen-bond acceptors (Lipinski definition) is 4. The number of nitrogens with one attached hydrogen (secondary N) is 1. The van der Waals surface area contributed by atoms with Crippen LogP contribution in [0.5, 0.6) is 0 Å². The number of nitrogens with two attached hydrogens (primary N) is 1. The number of halogens is 1. The summed E-state index contributed by atoms with van der Waals surface area (Å²) in [6.07, 6.45) is 1.86. The van der Waals surface area contributed by atoms with Gasteiger partial charge in [-0.2, -0.15) is 0 Å². The zero-order chi connectivity index (χ0) is 22.9. The molecule has 1 fully saturated rings. The highest BCUT2D eigenvalue weighted by Crippen LogP contribution is 2.39. The first-order chi connectivity index (χ1) is 15.3. The standard InChI is InChI=1S/C23H23FN4O4/c24-16-7-9-17(10-8-16)27(13-11-19(25)29)20(30)14-28-21(31)23(26-22(28)32)12-3-5-15-4-1-2-6-18(15)23/h1-2,4,6-10H,3,5,11-14H2,(H2,25,29)(H,26,32). The third-order valence-corrected chi connectivity index (χ3v) is 5.97. The zero-order valence-electron chi connectivity index (χ0n) is 17.3. The number of benzene rings is 2. The van der Waals surface area contributed by atoms with Crippen molar-refractivity contribution in [2.45, 2.75) is 31.2 Å². The van der Waals surface area contributed by atoms with Crippen LogP contribution < -0.4 is 16.0 Å². The van der Waals surface area contributed by atoms with Gasteiger partial charge in [0.05, 0.1) is 0 Å². The second kappa shape index (κ2) is 8.41. The minimum Gasteiger partial charge on any atom is -0.370 e. The van der Waals surface area contributed by atoms with E-state index in [1.54, 1.807) is 0 Å². The molecular weight excluding hydrogens is 415 g/mol. The lowest BCUT2D eigenvalue weighted by Crippen LogP contribution is -2.47. The Hall–Kier alpha value is -3.75. The van der Waals surface area contributed by atoms with Crippen LogP contribution in [0.15, 0.2) is 48.5 Å². The van der Waals surface area contributed by atoms with Crippen molar-refractivity contribution >= 4 is 29.4 Å². The second-order valence-electron chi connectivity index (χ2n) is 7.98. The molecule has 1 aliphatic carbocycles. The van der Waals surface area contributed by atoms with Gasteiger partial charge in [0.1, 0.15) is 17.9 Å². The quantitative estimate of drug-likeness (QED) is 0.670. The van der Waals surface area contributed by atoms with Gasteiger partial charge < -0.3 is 16.0 Å². The summed E-state index contributed by atoms with van der Waals surface area (Å²) in [5.74, 6) is -2.15. The molecule has 1 heterocycles. The fourth-order valence-electron chi connectivity index (χ4n) is 4.42. The number of aryl methyl sites for hydroxylation is 1. The molecule has 166 valence electrons. The topological polar surface area (TPSA) is 113 Å². The Morgan fingerprint density at radius 3 is 2.56 bits per heavy atom. The maximum absolute atomic E-state index is 13.4. The van der Waals surface area contributed by atoms with E-state index in [0.717, 1.165) is 28.9 Å². The summed E-state index contributed by atoms with van der Waals surface area (Å²) < 4.78 is 13.3. The lowest BCUT2D eigenvalue weighted by Gasteiger charge is -2.33. The molecule has 8 nitrogen and oxygen atoms in total. The van der Waals surface area contributed by atoms with E-state index in [1.807, 2.05) is 24.3 Å². The summed E-state index contributed by atoms with van der Waals surface area (Å²) in [7, 11) is 0. The average molecular weight is 438 g/mol. The third kappa shape index (κ3) is 3.81. The van der Waals surface area contributed by atoms with Gasteiger partial charge in [-0.1, -0.05) is 24.3 Å². The Kier molecular flexibility index (Phi) is 5.65. The molecule has 5 amide bonds. The monoisotopic (exact) mass is 438 g/mol. The van der Waals surface area contributed by atoms with Gasteiger partial charge in [-0.15, -0.1) is 0 Å². The Morgan fingerprint density at radius 2 is 1.84 bits per heavy atom. The van der Waals surface area contributed by atoms with Crippen molar-refractivity contribution in [3.05, 3.63) is 65.5 Å². The number of fused-ring (bicyclic) bond motifs is 2. The molecule has 2 aromatic carbocycles. The Bertz CT molecular complexity index is 1090. The third-order valence-electron chi connectivity index (χ3n) is 5.97. The molecule has 3 N–H and O–H groups in total. The van der Waals surface area contributed by atoms with Crippen molar-refractivity contribution in [3.8, 4) is 0 Å². The maximum Gasteiger partial charge on any atom is 0.325 e. The van der Waals surface area contributed by atoms with E-state index in [2.05, 4.69) is 5.32 Å². The summed E-state index contributed by atoms with van der Waals surface area (Å²) in [5, 5.41) is 2.81. The molecule has 32 heavy (non-hydrogen) atoms. The van der Waals surface area contributed by atoms with Gasteiger partial charge in [0.25, 0.3) is 5.91 Å². The van der Waals surface area contributed by atoms with Crippen molar-refractivity contribution in [1.82, 2.24) is 10.2 Å². The van der Waals surface area contributed by atoms with Gasteiger partial charge in [0.15, 0.2) is 0 Å². The minimum atomic E-state index is -1.18. The summed E-state index contributed by atoms with van der Waals surface area (Å²) in [5.41, 5.74) is 6.13. The minimum absolute atomic E-state index is 0.0581. The van der Waals surface area contributed by atoms with E-state index in [0.29, 0.717) is 12.1 Å². The van der Waals surface area contributed by atoms with Gasteiger partial charge >= 0.3 is 6.03 Å². The molecule has 9 heteroatoms. The van der Waals surface area contributed by atoms with Crippen LogP contribution in [0.2, 0.25) is 0 Å². The second-order valence-corrected chi connectivity index (χ2v) is 7.98. The summed E-state index contributed by atoms with van der Waals surface area (Å²) in [6.45, 7) is -0.567. The van der Waals surface area contributed by atoms with Gasteiger partial charge in [-0.25, -0.2) is 9.18 Å². The van der Waals surface area contributed by atoms with E-state index in [4.69, 9.17) is 5.73 Å². The molecule has 2 aromatic rings. The first kappa shape index (κ1) is 21.5. The first-order valence-electron chi connectivity index (χ1n) is 10.4. The van der Waals surface area contributed by atoms with Crippen molar-refractivity contribution in [2.75, 3.05) is 18.0 Å². The molecule has 1 saturated heterocycles. The highest BCUT2D eigenvalue weighted by Gasteiger charge is 2.54. The molecule has 1 unspecified atom stereocenters. The fourth-order valence-corrected chi connectivity index (χ4v) is 4.42. The first-order valence-corrected chi connectivity index (χ1v) is 10.4. The number of rotatable bonds is 6. The molecule has 0 radical (unpaired) electrons. The van der Waals surface area contributed by atoms with Crippen molar-refractivity contribution in [3.63, 3.8) is 0 Å². The summed E-state index contributed by atoms with van der Waals surface area (Å²) in [4.78, 5) is 52.7. The van der Waals surface area contributed by atoms with Crippen LogP contribution >= 0.6 is 0 Å². The molecule has 1 aliphatic heterocycles. The van der Waals surface area contributed by atoms with Gasteiger partial charge in [0, 0.05) is 18.7 Å². The van der Waals surface area contributed by atoms with Crippen LogP contribution in [0.25, 0.3) is 0 Å². The normalized spacial score (nSPS) is 19.6. The van der Waals surface area contributed by atoms with Crippen LogP contribution in [0, 0.1) is 5.82 Å². The van der Waals surface area contributed by atoms with E-state index in [1.165, 1.54) is 29.2 Å².